The third-order valence-electron chi connectivity index (χ3n) is 4.90. The Morgan fingerprint density at radius 1 is 1.19 bits per heavy atom. The Morgan fingerprint density at radius 3 is 2.54 bits per heavy atom. The number of rotatable bonds is 3. The summed E-state index contributed by atoms with van der Waals surface area (Å²) in [5, 5.41) is 9.59. The van der Waals surface area contributed by atoms with Crippen molar-refractivity contribution in [3.05, 3.63) is 77.6 Å². The number of ether oxygens (including phenoxy) is 2. The first-order valence-corrected chi connectivity index (χ1v) is 11.1. The Balaban J connectivity index is 0.000000206. The maximum atomic E-state index is 13.3. The molecule has 2 aromatic carbocycles. The van der Waals surface area contributed by atoms with Gasteiger partial charge in [0, 0.05) is 24.9 Å². The number of aromatic nitrogens is 1. The van der Waals surface area contributed by atoms with Gasteiger partial charge in [0.05, 0.1) is 18.7 Å². The summed E-state index contributed by atoms with van der Waals surface area (Å²) in [5.41, 5.74) is 5.40. The number of hydrogen-bond donors (Lipinski definition) is 2. The van der Waals surface area contributed by atoms with Crippen molar-refractivity contribution >= 4 is 17.5 Å². The van der Waals surface area contributed by atoms with Crippen LogP contribution in [0.1, 0.15) is 36.3 Å². The van der Waals surface area contributed by atoms with Gasteiger partial charge in [-0.25, -0.2) is 8.78 Å². The summed E-state index contributed by atoms with van der Waals surface area (Å²) in [7, 11) is 1.73. The number of aliphatic hydroxyl groups is 1. The summed E-state index contributed by atoms with van der Waals surface area (Å²) < 4.78 is 37.2. The van der Waals surface area contributed by atoms with Crippen LogP contribution in [-0.2, 0) is 4.79 Å². The third-order valence-corrected chi connectivity index (χ3v) is 4.90. The van der Waals surface area contributed by atoms with Gasteiger partial charge in [0.2, 0.25) is 5.91 Å². The number of fused-ring (bicyclic) bond motifs is 1. The molecule has 10 heteroatoms. The second kappa shape index (κ2) is 11.5. The molecule has 0 saturated heterocycles. The molecule has 192 valence electrons. The Morgan fingerprint density at radius 2 is 1.89 bits per heavy atom. The summed E-state index contributed by atoms with van der Waals surface area (Å²) in [6.07, 6.45) is 1.63. The third kappa shape index (κ3) is 7.49. The van der Waals surface area contributed by atoms with Crippen LogP contribution < -0.4 is 20.1 Å². The number of anilines is 1. The number of para-hydroxylation sites is 1. The zero-order valence-corrected chi connectivity index (χ0v) is 20.4. The maximum Gasteiger partial charge on any atom is 0.267 e. The minimum absolute atomic E-state index is 0.0198. The molecule has 1 aromatic heterocycles. The predicted octanol–water partition coefficient (Wildman–Crippen LogP) is 3.81. The van der Waals surface area contributed by atoms with Crippen molar-refractivity contribution in [1.29, 1.82) is 0 Å². The van der Waals surface area contributed by atoms with Gasteiger partial charge in [-0.2, -0.15) is 0 Å². The second-order valence-electron chi connectivity index (χ2n) is 8.44. The lowest BCUT2D eigenvalue weighted by Gasteiger charge is -2.16. The number of halogens is 2. The van der Waals surface area contributed by atoms with E-state index in [4.69, 9.17) is 15.2 Å². The van der Waals surface area contributed by atoms with Gasteiger partial charge >= 0.3 is 0 Å². The van der Waals surface area contributed by atoms with E-state index < -0.39 is 28.9 Å². The maximum absolute atomic E-state index is 13.3. The molecule has 4 rings (SSSR count). The average Bonchev–Trinajstić information content (AvgIpc) is 2.98. The highest BCUT2D eigenvalue weighted by Gasteiger charge is 2.20. The first-order chi connectivity index (χ1) is 17.4. The van der Waals surface area contributed by atoms with E-state index in [-0.39, 0.29) is 17.4 Å². The van der Waals surface area contributed by atoms with E-state index in [9.17, 15) is 23.5 Å². The highest BCUT2D eigenvalue weighted by molar-refractivity contribution is 5.95. The van der Waals surface area contributed by atoms with Crippen molar-refractivity contribution in [3.8, 4) is 29.1 Å². The average molecular weight is 510 g/mol. The summed E-state index contributed by atoms with van der Waals surface area (Å²) in [5.74, 6) is 3.44. The van der Waals surface area contributed by atoms with Gasteiger partial charge in [-0.3, -0.25) is 14.6 Å². The van der Waals surface area contributed by atoms with E-state index >= 15 is 0 Å². The zero-order valence-electron chi connectivity index (χ0n) is 20.4. The molecule has 3 N–H and O–H groups in total. The van der Waals surface area contributed by atoms with Crippen LogP contribution in [0.5, 0.6) is 17.2 Å². The Kier molecular flexibility index (Phi) is 8.42. The van der Waals surface area contributed by atoms with Gasteiger partial charge in [-0.1, -0.05) is 17.9 Å². The molecule has 1 aliphatic rings. The lowest BCUT2D eigenvalue weighted by Crippen LogP contribution is -2.25. The molecular formula is C27H25F2N3O5. The predicted molar refractivity (Wildman–Crippen MR) is 132 cm³/mol. The van der Waals surface area contributed by atoms with Crippen LogP contribution >= 0.6 is 0 Å². The normalized spacial score (nSPS) is 12.6. The SMILES string of the molecule is CN1C(=O)CCOc2ccc(C#CC(C)(C)O)cc21.NC(=O)c1cc(Oc2c(F)cccc2F)ccn1. The van der Waals surface area contributed by atoms with Crippen molar-refractivity contribution in [2.24, 2.45) is 5.73 Å². The van der Waals surface area contributed by atoms with Crippen LogP contribution in [0.25, 0.3) is 0 Å². The van der Waals surface area contributed by atoms with E-state index in [0.29, 0.717) is 24.5 Å². The monoisotopic (exact) mass is 509 g/mol. The number of hydrogen-bond acceptors (Lipinski definition) is 6. The number of nitrogens with two attached hydrogens (primary N) is 1. The molecule has 0 radical (unpaired) electrons. The first kappa shape index (κ1) is 27.1. The van der Waals surface area contributed by atoms with E-state index in [1.54, 1.807) is 37.9 Å². The van der Waals surface area contributed by atoms with Crippen molar-refractivity contribution in [2.75, 3.05) is 18.6 Å². The summed E-state index contributed by atoms with van der Waals surface area (Å²) in [6, 6.07) is 11.3. The summed E-state index contributed by atoms with van der Waals surface area (Å²) in [4.78, 5) is 27.9. The van der Waals surface area contributed by atoms with E-state index in [0.717, 1.165) is 17.7 Å². The number of nitrogens with zero attached hydrogens (tertiary/aromatic N) is 2. The van der Waals surface area contributed by atoms with Gasteiger partial charge in [-0.15, -0.1) is 0 Å². The Labute approximate surface area is 212 Å². The molecule has 2 amide bonds. The van der Waals surface area contributed by atoms with Gasteiger partial charge < -0.3 is 25.2 Å². The van der Waals surface area contributed by atoms with Gasteiger partial charge in [0.1, 0.15) is 22.8 Å². The number of primary amides is 1. The van der Waals surface area contributed by atoms with Crippen molar-refractivity contribution in [2.45, 2.75) is 25.9 Å². The molecule has 1 aliphatic heterocycles. The Bertz CT molecular complexity index is 1360. The molecule has 0 fully saturated rings. The fourth-order valence-corrected chi connectivity index (χ4v) is 3.06. The molecule has 2 heterocycles. The molecular weight excluding hydrogens is 484 g/mol. The molecule has 0 saturated carbocycles. The van der Waals surface area contributed by atoms with Crippen LogP contribution in [0.3, 0.4) is 0 Å². The van der Waals surface area contributed by atoms with E-state index in [1.165, 1.54) is 24.4 Å². The fourth-order valence-electron chi connectivity index (χ4n) is 3.06. The minimum atomic E-state index is -1.04. The highest BCUT2D eigenvalue weighted by Crippen LogP contribution is 2.31. The number of pyridine rings is 1. The van der Waals surface area contributed by atoms with Gasteiger partial charge in [-0.05, 0) is 50.2 Å². The van der Waals surface area contributed by atoms with Gasteiger partial charge in [0.25, 0.3) is 5.91 Å². The smallest absolute Gasteiger partial charge is 0.267 e. The highest BCUT2D eigenvalue weighted by atomic mass is 19.1. The minimum Gasteiger partial charge on any atom is -0.491 e. The van der Waals surface area contributed by atoms with Crippen molar-refractivity contribution in [3.63, 3.8) is 0 Å². The molecule has 0 unspecified atom stereocenters. The zero-order chi connectivity index (χ0) is 27.2. The van der Waals surface area contributed by atoms with E-state index in [2.05, 4.69) is 16.8 Å². The fraction of sp³-hybridized carbons (Fsp3) is 0.222. The molecule has 0 aliphatic carbocycles. The van der Waals surface area contributed by atoms with Gasteiger partial charge in [0.15, 0.2) is 17.4 Å². The summed E-state index contributed by atoms with van der Waals surface area (Å²) in [6.45, 7) is 3.65. The molecule has 8 nitrogen and oxygen atoms in total. The molecule has 0 bridgehead atoms. The number of carbonyl (C=O) groups excluding carboxylic acids is 2. The number of carbonyl (C=O) groups is 2. The molecule has 3 aromatic rings. The van der Waals surface area contributed by atoms with Crippen LogP contribution in [0.2, 0.25) is 0 Å². The van der Waals surface area contributed by atoms with Crippen LogP contribution in [0.4, 0.5) is 14.5 Å². The van der Waals surface area contributed by atoms with E-state index in [1.807, 2.05) is 6.07 Å². The second-order valence-corrected chi connectivity index (χ2v) is 8.44. The van der Waals surface area contributed by atoms with Crippen molar-refractivity contribution < 1.29 is 33.0 Å². The standard InChI is InChI=1S/C15H17NO3.C12H8F2N2O2/c1-15(2,18)8-6-11-4-5-13-12(10-11)16(3)14(17)7-9-19-13;13-8-2-1-3-9(14)11(8)18-7-4-5-16-10(6-7)12(15)17/h4-5,10,18H,7,9H2,1-3H3;1-6H,(H2,15,17). The quantitative estimate of drug-likeness (QED) is 0.519. The lowest BCUT2D eigenvalue weighted by atomic mass is 10.1. The topological polar surface area (TPSA) is 115 Å². The largest absolute Gasteiger partial charge is 0.491 e. The van der Waals surface area contributed by atoms with Crippen LogP contribution in [0.15, 0.2) is 54.7 Å². The Hall–Kier alpha value is -4.49. The molecule has 37 heavy (non-hydrogen) atoms. The summed E-state index contributed by atoms with van der Waals surface area (Å²) >= 11 is 0. The van der Waals surface area contributed by atoms with Crippen LogP contribution in [0, 0.1) is 23.5 Å². The molecule has 0 spiro atoms. The first-order valence-electron chi connectivity index (χ1n) is 11.1. The van der Waals surface area contributed by atoms with Crippen LogP contribution in [-0.4, -0.2) is 41.2 Å². The number of amides is 2. The number of benzene rings is 2. The lowest BCUT2D eigenvalue weighted by molar-refractivity contribution is -0.118. The van der Waals surface area contributed by atoms with Crippen molar-refractivity contribution in [1.82, 2.24) is 4.98 Å². The molecule has 0 atom stereocenters.